The number of hydrogen-bond acceptors (Lipinski definition) is 6. The van der Waals surface area contributed by atoms with Crippen LogP contribution in [0.1, 0.15) is 44.5 Å². The standard InChI is InChI=1S/C18H24N2O3S2/c1-14(2)25(22,23)12-8-4-7-11-16(21)13-17-19-20-18(24-17)15-9-5-3-6-10-15/h3,5-6,9-10,14H,4,7-8,11-13H2,1-2H3. The van der Waals surface area contributed by atoms with Crippen LogP contribution in [0.2, 0.25) is 0 Å². The molecule has 0 aliphatic heterocycles. The zero-order valence-corrected chi connectivity index (χ0v) is 16.3. The quantitative estimate of drug-likeness (QED) is 0.587. The number of ketones is 1. The van der Waals surface area contributed by atoms with Gasteiger partial charge in [0.25, 0.3) is 0 Å². The molecule has 0 spiro atoms. The molecule has 0 radical (unpaired) electrons. The maximum atomic E-state index is 12.0. The monoisotopic (exact) mass is 380 g/mol. The van der Waals surface area contributed by atoms with Crippen LogP contribution in [0.25, 0.3) is 10.6 Å². The van der Waals surface area contributed by atoms with Crippen molar-refractivity contribution in [2.75, 3.05) is 5.75 Å². The van der Waals surface area contributed by atoms with Crippen molar-refractivity contribution in [1.82, 2.24) is 10.2 Å². The molecule has 136 valence electrons. The minimum Gasteiger partial charge on any atom is -0.299 e. The average molecular weight is 381 g/mol. The number of carbonyl (C=O) groups is 1. The van der Waals surface area contributed by atoms with Gasteiger partial charge in [0.1, 0.15) is 15.8 Å². The molecule has 0 unspecified atom stereocenters. The molecule has 1 heterocycles. The second-order valence-corrected chi connectivity index (χ2v) is 10.0. The number of Topliss-reactive ketones (excluding diaryl/α,β-unsaturated/α-hetero) is 1. The first kappa shape index (κ1) is 19.7. The highest BCUT2D eigenvalue weighted by Crippen LogP contribution is 2.23. The molecule has 7 heteroatoms. The molecule has 2 rings (SSSR count). The average Bonchev–Trinajstić information content (AvgIpc) is 3.03. The van der Waals surface area contributed by atoms with Crippen LogP contribution in [0.5, 0.6) is 0 Å². The number of sulfone groups is 1. The predicted molar refractivity (Wildman–Crippen MR) is 101 cm³/mol. The smallest absolute Gasteiger partial charge is 0.152 e. The second kappa shape index (κ2) is 9.20. The summed E-state index contributed by atoms with van der Waals surface area (Å²) in [6, 6.07) is 9.78. The number of rotatable bonds is 10. The van der Waals surface area contributed by atoms with E-state index in [1.54, 1.807) is 13.8 Å². The molecule has 1 aromatic carbocycles. The summed E-state index contributed by atoms with van der Waals surface area (Å²) in [5.74, 6) is 0.331. The molecule has 0 bridgehead atoms. The third-order valence-electron chi connectivity index (χ3n) is 3.94. The van der Waals surface area contributed by atoms with Gasteiger partial charge in [-0.15, -0.1) is 10.2 Å². The van der Waals surface area contributed by atoms with E-state index in [9.17, 15) is 13.2 Å². The molecule has 2 aromatic rings. The lowest BCUT2D eigenvalue weighted by molar-refractivity contribution is -0.118. The molecule has 25 heavy (non-hydrogen) atoms. The van der Waals surface area contributed by atoms with Crippen LogP contribution >= 0.6 is 11.3 Å². The van der Waals surface area contributed by atoms with Crippen LogP contribution in [0.4, 0.5) is 0 Å². The Balaban J connectivity index is 1.72. The zero-order chi connectivity index (χ0) is 18.3. The van der Waals surface area contributed by atoms with Gasteiger partial charge in [-0.05, 0) is 26.7 Å². The lowest BCUT2D eigenvalue weighted by Gasteiger charge is -2.06. The van der Waals surface area contributed by atoms with Gasteiger partial charge in [0.2, 0.25) is 0 Å². The van der Waals surface area contributed by atoms with Gasteiger partial charge >= 0.3 is 0 Å². The first-order valence-electron chi connectivity index (χ1n) is 8.49. The van der Waals surface area contributed by atoms with Gasteiger partial charge in [0.05, 0.1) is 17.4 Å². The maximum Gasteiger partial charge on any atom is 0.152 e. The van der Waals surface area contributed by atoms with Crippen molar-refractivity contribution in [2.24, 2.45) is 0 Å². The fourth-order valence-corrected chi connectivity index (χ4v) is 4.27. The highest BCUT2D eigenvalue weighted by molar-refractivity contribution is 7.91. The molecule has 0 fully saturated rings. The Morgan fingerprint density at radius 2 is 1.80 bits per heavy atom. The van der Waals surface area contributed by atoms with Crippen molar-refractivity contribution in [1.29, 1.82) is 0 Å². The van der Waals surface area contributed by atoms with Crippen LogP contribution in [0.15, 0.2) is 30.3 Å². The Hall–Kier alpha value is -1.60. The van der Waals surface area contributed by atoms with E-state index in [1.807, 2.05) is 30.3 Å². The topological polar surface area (TPSA) is 77.0 Å². The lowest BCUT2D eigenvalue weighted by Crippen LogP contribution is -2.17. The van der Waals surface area contributed by atoms with E-state index in [1.165, 1.54) is 11.3 Å². The van der Waals surface area contributed by atoms with Crippen LogP contribution in [-0.4, -0.2) is 35.4 Å². The summed E-state index contributed by atoms with van der Waals surface area (Å²) in [6.07, 6.45) is 2.85. The number of hydrogen-bond donors (Lipinski definition) is 0. The van der Waals surface area contributed by atoms with Crippen molar-refractivity contribution >= 4 is 27.0 Å². The highest BCUT2D eigenvalue weighted by atomic mass is 32.2. The number of unbranched alkanes of at least 4 members (excludes halogenated alkanes) is 2. The van der Waals surface area contributed by atoms with Crippen LogP contribution in [0.3, 0.4) is 0 Å². The molecule has 0 amide bonds. The number of aromatic nitrogens is 2. The Morgan fingerprint density at radius 1 is 1.08 bits per heavy atom. The van der Waals surface area contributed by atoms with Crippen LogP contribution < -0.4 is 0 Å². The molecular weight excluding hydrogens is 356 g/mol. The first-order valence-corrected chi connectivity index (χ1v) is 11.0. The van der Waals surface area contributed by atoms with Crippen molar-refractivity contribution in [3.05, 3.63) is 35.3 Å². The fraction of sp³-hybridized carbons (Fsp3) is 0.500. The Bertz CT molecular complexity index is 784. The van der Waals surface area contributed by atoms with Crippen LogP contribution in [-0.2, 0) is 21.1 Å². The molecule has 0 atom stereocenters. The van der Waals surface area contributed by atoms with E-state index in [-0.39, 0.29) is 16.8 Å². The number of carbonyl (C=O) groups excluding carboxylic acids is 1. The predicted octanol–water partition coefficient (Wildman–Crippen LogP) is 3.70. The van der Waals surface area contributed by atoms with E-state index in [4.69, 9.17) is 0 Å². The van der Waals surface area contributed by atoms with Gasteiger partial charge in [-0.2, -0.15) is 0 Å². The third kappa shape index (κ3) is 6.32. The van der Waals surface area contributed by atoms with E-state index >= 15 is 0 Å². The Morgan fingerprint density at radius 3 is 2.48 bits per heavy atom. The molecular formula is C18H24N2O3S2. The first-order chi connectivity index (χ1) is 11.9. The lowest BCUT2D eigenvalue weighted by atomic mass is 10.1. The van der Waals surface area contributed by atoms with Gasteiger partial charge < -0.3 is 0 Å². The highest BCUT2D eigenvalue weighted by Gasteiger charge is 2.15. The van der Waals surface area contributed by atoms with Crippen molar-refractivity contribution in [2.45, 2.75) is 51.2 Å². The summed E-state index contributed by atoms with van der Waals surface area (Å²) in [4.78, 5) is 12.0. The third-order valence-corrected chi connectivity index (χ3v) is 7.21. The minimum absolute atomic E-state index is 0.127. The molecule has 0 aliphatic carbocycles. The van der Waals surface area contributed by atoms with Gasteiger partial charge in [-0.3, -0.25) is 4.79 Å². The van der Waals surface area contributed by atoms with E-state index in [0.29, 0.717) is 19.3 Å². The van der Waals surface area contributed by atoms with Crippen molar-refractivity contribution in [3.8, 4) is 10.6 Å². The van der Waals surface area contributed by atoms with Gasteiger partial charge in [0, 0.05) is 12.0 Å². The van der Waals surface area contributed by atoms with Gasteiger partial charge in [0.15, 0.2) is 9.84 Å². The van der Waals surface area contributed by atoms with E-state index < -0.39 is 9.84 Å². The minimum atomic E-state index is -2.97. The molecule has 0 aliphatic rings. The molecule has 5 nitrogen and oxygen atoms in total. The largest absolute Gasteiger partial charge is 0.299 e. The number of benzene rings is 1. The molecule has 0 saturated carbocycles. The van der Waals surface area contributed by atoms with Gasteiger partial charge in [-0.25, -0.2) is 8.42 Å². The molecule has 1 aromatic heterocycles. The zero-order valence-electron chi connectivity index (χ0n) is 14.6. The molecule has 0 N–H and O–H groups in total. The fourth-order valence-electron chi connectivity index (χ4n) is 2.32. The van der Waals surface area contributed by atoms with Crippen molar-refractivity contribution in [3.63, 3.8) is 0 Å². The summed E-state index contributed by atoms with van der Waals surface area (Å²) < 4.78 is 23.4. The Kier molecular flexibility index (Phi) is 7.25. The summed E-state index contributed by atoms with van der Waals surface area (Å²) in [5, 5.41) is 9.46. The normalized spacial score (nSPS) is 11.8. The second-order valence-electron chi connectivity index (χ2n) is 6.31. The Labute approximate surface area is 153 Å². The van der Waals surface area contributed by atoms with E-state index in [2.05, 4.69) is 10.2 Å². The van der Waals surface area contributed by atoms with Crippen molar-refractivity contribution < 1.29 is 13.2 Å². The van der Waals surface area contributed by atoms with Gasteiger partial charge in [-0.1, -0.05) is 48.1 Å². The number of nitrogens with zero attached hydrogens (tertiary/aromatic N) is 2. The van der Waals surface area contributed by atoms with E-state index in [0.717, 1.165) is 28.4 Å². The summed E-state index contributed by atoms with van der Waals surface area (Å²) in [7, 11) is -2.97. The molecule has 0 saturated heterocycles. The maximum absolute atomic E-state index is 12.0. The summed E-state index contributed by atoms with van der Waals surface area (Å²) in [5.41, 5.74) is 1.00. The SMILES string of the molecule is CC(C)S(=O)(=O)CCCCCC(=O)Cc1nnc(-c2ccccc2)s1. The summed E-state index contributed by atoms with van der Waals surface area (Å²) in [6.45, 7) is 3.40. The summed E-state index contributed by atoms with van der Waals surface area (Å²) >= 11 is 1.44. The van der Waals surface area contributed by atoms with Crippen LogP contribution in [0, 0.1) is 0 Å².